The van der Waals surface area contributed by atoms with Crippen LogP contribution in [0, 0.1) is 6.92 Å². The highest BCUT2D eigenvalue weighted by molar-refractivity contribution is 6.31. The molecule has 0 aliphatic carbocycles. The fraction of sp³-hybridized carbons (Fsp3) is 0.208. The molecule has 172 valence electrons. The Hall–Kier alpha value is -2.74. The number of alkyl halides is 3. The molecule has 4 nitrogen and oxygen atoms in total. The first-order valence-corrected chi connectivity index (χ1v) is 10.7. The van der Waals surface area contributed by atoms with Gasteiger partial charge in [-0.1, -0.05) is 53.0 Å². The van der Waals surface area contributed by atoms with Gasteiger partial charge in [0.15, 0.2) is 5.54 Å². The molecule has 3 aromatic carbocycles. The number of nitrogens with zero attached hydrogens (tertiary/aromatic N) is 2. The second-order valence-electron chi connectivity index (χ2n) is 8.02. The lowest BCUT2D eigenvalue weighted by molar-refractivity contribution is -0.227. The second-order valence-corrected chi connectivity index (χ2v) is 8.89. The predicted octanol–water partition coefficient (Wildman–Crippen LogP) is 6.91. The topological polar surface area (TPSA) is 43.8 Å². The third-order valence-electron chi connectivity index (χ3n) is 5.97. The quantitative estimate of drug-likeness (QED) is 0.429. The van der Waals surface area contributed by atoms with Gasteiger partial charge in [-0.05, 0) is 62.4 Å². The maximum Gasteiger partial charge on any atom is 0.416 e. The number of amides is 2. The maximum atomic E-state index is 14.9. The molecule has 0 radical (unpaired) electrons. The van der Waals surface area contributed by atoms with Gasteiger partial charge in [0.05, 0.1) is 0 Å². The van der Waals surface area contributed by atoms with Gasteiger partial charge in [-0.15, -0.1) is 0 Å². The zero-order valence-electron chi connectivity index (χ0n) is 17.6. The van der Waals surface area contributed by atoms with Crippen molar-refractivity contribution in [2.45, 2.75) is 31.3 Å². The number of aliphatic hydroxyl groups is 1. The van der Waals surface area contributed by atoms with Gasteiger partial charge in [-0.25, -0.2) is 4.79 Å². The van der Waals surface area contributed by atoms with Crippen molar-refractivity contribution in [2.24, 2.45) is 0 Å². The monoisotopic (exact) mass is 494 g/mol. The first kappa shape index (κ1) is 23.4. The van der Waals surface area contributed by atoms with Gasteiger partial charge in [0.2, 0.25) is 5.72 Å². The van der Waals surface area contributed by atoms with Crippen LogP contribution in [0.4, 0.5) is 29.3 Å². The van der Waals surface area contributed by atoms with Crippen molar-refractivity contribution in [3.05, 3.63) is 94.0 Å². The summed E-state index contributed by atoms with van der Waals surface area (Å²) in [5.74, 6) is 0. The zero-order valence-corrected chi connectivity index (χ0v) is 19.1. The first-order chi connectivity index (χ1) is 15.4. The minimum atomic E-state index is -5.04. The number of carbonyl (C=O) groups excluding carboxylic acids is 1. The lowest BCUT2D eigenvalue weighted by atomic mass is 9.80. The van der Waals surface area contributed by atoms with E-state index >= 15 is 0 Å². The molecule has 4 rings (SSSR count). The molecule has 1 heterocycles. The van der Waals surface area contributed by atoms with Crippen LogP contribution in [0.2, 0.25) is 10.0 Å². The molecule has 1 aliphatic rings. The number of anilines is 2. The molecule has 1 saturated heterocycles. The number of benzene rings is 3. The molecule has 0 spiro atoms. The van der Waals surface area contributed by atoms with E-state index in [4.69, 9.17) is 23.2 Å². The molecule has 9 heteroatoms. The predicted molar refractivity (Wildman–Crippen MR) is 123 cm³/mol. The number of urea groups is 1. The Morgan fingerprint density at radius 3 is 1.79 bits per heavy atom. The molecule has 0 bridgehead atoms. The average molecular weight is 495 g/mol. The molecule has 1 N–H and O–H groups in total. The number of rotatable bonds is 3. The first-order valence-electron chi connectivity index (χ1n) is 9.93. The zero-order chi connectivity index (χ0) is 24.2. The van der Waals surface area contributed by atoms with Crippen molar-refractivity contribution < 1.29 is 23.1 Å². The van der Waals surface area contributed by atoms with Crippen molar-refractivity contribution in [2.75, 3.05) is 9.80 Å². The summed E-state index contributed by atoms with van der Waals surface area (Å²) < 4.78 is 44.8. The molecule has 1 unspecified atom stereocenters. The Bertz CT molecular complexity index is 1200. The van der Waals surface area contributed by atoms with Crippen LogP contribution in [0.5, 0.6) is 0 Å². The van der Waals surface area contributed by atoms with Crippen LogP contribution in [0.15, 0.2) is 72.8 Å². The van der Waals surface area contributed by atoms with Crippen molar-refractivity contribution >= 4 is 40.6 Å². The van der Waals surface area contributed by atoms with E-state index in [2.05, 4.69) is 0 Å². The number of aryl methyl sites for hydroxylation is 1. The summed E-state index contributed by atoms with van der Waals surface area (Å²) >= 11 is 11.9. The third-order valence-corrected chi connectivity index (χ3v) is 6.48. The number of halogens is 5. The van der Waals surface area contributed by atoms with Crippen molar-refractivity contribution in [1.82, 2.24) is 0 Å². The van der Waals surface area contributed by atoms with E-state index in [0.717, 1.165) is 11.8 Å². The standard InChI is InChI=1S/C24H19Cl2F3N2O2/c1-15-4-3-5-16(14-15)23(33)22(2,24(27,28)29)30(19-10-6-17(25)7-11-19)21(32)31(23)20-12-8-18(26)9-13-20/h3-14,33H,1-2H3/t22-,23?/m0/s1. The van der Waals surface area contributed by atoms with E-state index < -0.39 is 23.5 Å². The van der Waals surface area contributed by atoms with Crippen LogP contribution in [0.3, 0.4) is 0 Å². The van der Waals surface area contributed by atoms with E-state index in [1.807, 2.05) is 0 Å². The highest BCUT2D eigenvalue weighted by Crippen LogP contribution is 2.57. The molecule has 2 atom stereocenters. The van der Waals surface area contributed by atoms with Crippen LogP contribution in [-0.4, -0.2) is 22.9 Å². The Morgan fingerprint density at radius 1 is 0.848 bits per heavy atom. The molecular weight excluding hydrogens is 476 g/mol. The van der Waals surface area contributed by atoms with Gasteiger partial charge in [0, 0.05) is 27.0 Å². The fourth-order valence-corrected chi connectivity index (χ4v) is 4.50. The number of carbonyl (C=O) groups is 1. The van der Waals surface area contributed by atoms with Crippen molar-refractivity contribution in [3.8, 4) is 0 Å². The van der Waals surface area contributed by atoms with E-state index in [1.165, 1.54) is 66.7 Å². The van der Waals surface area contributed by atoms with Crippen LogP contribution in [0.25, 0.3) is 0 Å². The van der Waals surface area contributed by atoms with Crippen molar-refractivity contribution in [1.29, 1.82) is 0 Å². The van der Waals surface area contributed by atoms with Gasteiger partial charge >= 0.3 is 12.2 Å². The van der Waals surface area contributed by atoms with Crippen LogP contribution in [-0.2, 0) is 5.72 Å². The van der Waals surface area contributed by atoms with E-state index in [0.29, 0.717) is 20.5 Å². The maximum absolute atomic E-state index is 14.9. The molecule has 0 aromatic heterocycles. The summed E-state index contributed by atoms with van der Waals surface area (Å²) in [5, 5.41) is 12.7. The molecule has 1 aliphatic heterocycles. The SMILES string of the molecule is Cc1cccc(C2(O)N(c3ccc(Cl)cc3)C(=O)N(c3ccc(Cl)cc3)[C@]2(C)C(F)(F)F)c1. The Balaban J connectivity index is 2.08. The Kier molecular flexibility index (Phi) is 5.63. The molecule has 1 fully saturated rings. The molecule has 3 aromatic rings. The summed E-state index contributed by atoms with van der Waals surface area (Å²) in [5.41, 5.74) is -5.35. The normalized spacial score (nSPS) is 23.3. The van der Waals surface area contributed by atoms with E-state index in [-0.39, 0.29) is 16.9 Å². The highest BCUT2D eigenvalue weighted by Gasteiger charge is 2.77. The minimum absolute atomic E-state index is 0.0559. The number of hydrogen-bond acceptors (Lipinski definition) is 2. The molecular formula is C24H19Cl2F3N2O2. The minimum Gasteiger partial charge on any atom is -0.364 e. The van der Waals surface area contributed by atoms with Gasteiger partial charge in [-0.2, -0.15) is 13.2 Å². The average Bonchev–Trinajstić information content (AvgIpc) is 2.94. The van der Waals surface area contributed by atoms with Gasteiger partial charge < -0.3 is 5.11 Å². The Morgan fingerprint density at radius 2 is 1.33 bits per heavy atom. The largest absolute Gasteiger partial charge is 0.416 e. The van der Waals surface area contributed by atoms with Crippen LogP contribution < -0.4 is 9.80 Å². The van der Waals surface area contributed by atoms with Crippen LogP contribution >= 0.6 is 23.2 Å². The lowest BCUT2D eigenvalue weighted by Gasteiger charge is -2.45. The van der Waals surface area contributed by atoms with Crippen molar-refractivity contribution in [3.63, 3.8) is 0 Å². The van der Waals surface area contributed by atoms with E-state index in [1.54, 1.807) is 13.0 Å². The Labute approximate surface area is 198 Å². The smallest absolute Gasteiger partial charge is 0.364 e. The summed E-state index contributed by atoms with van der Waals surface area (Å²) in [6.07, 6.45) is -5.04. The van der Waals surface area contributed by atoms with Gasteiger partial charge in [0.25, 0.3) is 0 Å². The highest BCUT2D eigenvalue weighted by atomic mass is 35.5. The molecule has 2 amide bonds. The molecule has 33 heavy (non-hydrogen) atoms. The van der Waals surface area contributed by atoms with Crippen LogP contribution in [0.1, 0.15) is 18.1 Å². The summed E-state index contributed by atoms with van der Waals surface area (Å²) in [6.45, 7) is 2.51. The summed E-state index contributed by atoms with van der Waals surface area (Å²) in [6, 6.07) is 16.0. The second kappa shape index (κ2) is 7.94. The lowest BCUT2D eigenvalue weighted by Crippen LogP contribution is -2.66. The summed E-state index contributed by atoms with van der Waals surface area (Å²) in [4.78, 5) is 15.1. The van der Waals surface area contributed by atoms with Gasteiger partial charge in [0.1, 0.15) is 0 Å². The number of hydrogen-bond donors (Lipinski definition) is 1. The fourth-order valence-electron chi connectivity index (χ4n) is 4.25. The molecule has 0 saturated carbocycles. The summed E-state index contributed by atoms with van der Waals surface area (Å²) in [7, 11) is 0. The van der Waals surface area contributed by atoms with Gasteiger partial charge in [-0.3, -0.25) is 9.80 Å². The van der Waals surface area contributed by atoms with E-state index in [9.17, 15) is 23.1 Å². The third kappa shape index (κ3) is 3.46.